The molecule has 38 heavy (non-hydrogen) atoms. The minimum Gasteiger partial charge on any atom is -0.354 e. The van der Waals surface area contributed by atoms with Crippen LogP contribution >= 0.6 is 23.2 Å². The molecule has 0 heterocycles. The van der Waals surface area contributed by atoms with E-state index in [4.69, 9.17) is 23.2 Å². The highest BCUT2D eigenvalue weighted by molar-refractivity contribution is 7.92. The van der Waals surface area contributed by atoms with E-state index in [0.717, 1.165) is 22.5 Å². The molecule has 1 N–H and O–H groups in total. The number of anilines is 1. The summed E-state index contributed by atoms with van der Waals surface area (Å²) in [6.45, 7) is 1.90. The van der Waals surface area contributed by atoms with Crippen LogP contribution in [0.4, 0.5) is 5.69 Å². The summed E-state index contributed by atoms with van der Waals surface area (Å²) >= 11 is 12.4. The van der Waals surface area contributed by atoms with Gasteiger partial charge in [-0.15, -0.1) is 0 Å². The largest absolute Gasteiger partial charge is 0.354 e. The molecule has 0 radical (unpaired) electrons. The number of nitrogens with zero attached hydrogens (tertiary/aromatic N) is 2. The van der Waals surface area contributed by atoms with Gasteiger partial charge in [0.1, 0.15) is 12.6 Å². The van der Waals surface area contributed by atoms with Crippen LogP contribution in [0.1, 0.15) is 24.5 Å². The molecule has 3 aromatic carbocycles. The average Bonchev–Trinajstić information content (AvgIpc) is 2.89. The molecule has 10 heteroatoms. The SMILES string of the molecule is CCCNC(=O)C(Cc1ccccc1)N(Cc1ccccc1Cl)C(=O)CN(c1ccc(Cl)cc1)S(C)(=O)=O. The molecular formula is C28H31Cl2N3O4S. The van der Waals surface area contributed by atoms with Crippen LogP contribution in [-0.4, -0.2) is 50.5 Å². The van der Waals surface area contributed by atoms with Crippen molar-refractivity contribution in [2.75, 3.05) is 23.7 Å². The van der Waals surface area contributed by atoms with Crippen molar-refractivity contribution >= 4 is 50.7 Å². The van der Waals surface area contributed by atoms with Gasteiger partial charge in [0, 0.05) is 29.6 Å². The summed E-state index contributed by atoms with van der Waals surface area (Å²) < 4.78 is 26.5. The van der Waals surface area contributed by atoms with Crippen molar-refractivity contribution in [1.82, 2.24) is 10.2 Å². The molecule has 3 rings (SSSR count). The van der Waals surface area contributed by atoms with E-state index in [1.807, 2.05) is 37.3 Å². The van der Waals surface area contributed by atoms with Gasteiger partial charge in [-0.25, -0.2) is 8.42 Å². The van der Waals surface area contributed by atoms with Gasteiger partial charge in [-0.05, 0) is 47.9 Å². The Morgan fingerprint density at radius 3 is 2.16 bits per heavy atom. The minimum atomic E-state index is -3.84. The summed E-state index contributed by atoms with van der Waals surface area (Å²) in [5.41, 5.74) is 1.79. The molecule has 0 saturated carbocycles. The third-order valence-electron chi connectivity index (χ3n) is 5.91. The molecule has 0 aliphatic heterocycles. The number of carbonyl (C=O) groups is 2. The van der Waals surface area contributed by atoms with Crippen molar-refractivity contribution in [1.29, 1.82) is 0 Å². The summed E-state index contributed by atoms with van der Waals surface area (Å²) in [5.74, 6) is -0.869. The molecule has 1 unspecified atom stereocenters. The number of amides is 2. The van der Waals surface area contributed by atoms with Crippen LogP contribution in [0, 0.1) is 0 Å². The molecule has 0 spiro atoms. The Morgan fingerprint density at radius 1 is 0.921 bits per heavy atom. The van der Waals surface area contributed by atoms with Gasteiger partial charge in [-0.1, -0.05) is 78.7 Å². The number of hydrogen-bond donors (Lipinski definition) is 1. The van der Waals surface area contributed by atoms with Crippen molar-refractivity contribution in [3.63, 3.8) is 0 Å². The maximum Gasteiger partial charge on any atom is 0.244 e. The van der Waals surface area contributed by atoms with Crippen LogP contribution < -0.4 is 9.62 Å². The molecule has 0 aliphatic carbocycles. The number of rotatable bonds is 12. The average molecular weight is 577 g/mol. The van der Waals surface area contributed by atoms with Crippen molar-refractivity contribution in [3.05, 3.63) is 100 Å². The van der Waals surface area contributed by atoms with Crippen molar-refractivity contribution in [2.24, 2.45) is 0 Å². The zero-order valence-electron chi connectivity index (χ0n) is 21.3. The lowest BCUT2D eigenvalue weighted by Gasteiger charge is -2.33. The summed E-state index contributed by atoms with van der Waals surface area (Å²) in [6.07, 6.45) is 2.00. The Bertz CT molecular complexity index is 1340. The fraction of sp³-hybridized carbons (Fsp3) is 0.286. The van der Waals surface area contributed by atoms with Gasteiger partial charge in [0.2, 0.25) is 21.8 Å². The fourth-order valence-corrected chi connectivity index (χ4v) is 5.12. The topological polar surface area (TPSA) is 86.8 Å². The summed E-state index contributed by atoms with van der Waals surface area (Å²) in [5, 5.41) is 3.77. The van der Waals surface area contributed by atoms with E-state index in [1.165, 1.54) is 17.0 Å². The van der Waals surface area contributed by atoms with Gasteiger partial charge in [0.15, 0.2) is 0 Å². The van der Waals surface area contributed by atoms with Crippen molar-refractivity contribution < 1.29 is 18.0 Å². The number of halogens is 2. The zero-order valence-corrected chi connectivity index (χ0v) is 23.6. The van der Waals surface area contributed by atoms with Crippen LogP contribution in [0.25, 0.3) is 0 Å². The quantitative estimate of drug-likeness (QED) is 0.332. The maximum absolute atomic E-state index is 13.9. The number of benzene rings is 3. The van der Waals surface area contributed by atoms with Gasteiger partial charge in [-0.3, -0.25) is 13.9 Å². The number of carbonyl (C=O) groups excluding carboxylic acids is 2. The first-order chi connectivity index (χ1) is 18.1. The second-order valence-corrected chi connectivity index (χ2v) is 11.6. The first-order valence-corrected chi connectivity index (χ1v) is 14.8. The van der Waals surface area contributed by atoms with E-state index in [1.54, 1.807) is 36.4 Å². The molecule has 3 aromatic rings. The molecule has 0 aliphatic rings. The molecule has 0 bridgehead atoms. The Kier molecular flexibility index (Phi) is 10.6. The zero-order chi connectivity index (χ0) is 27.7. The first kappa shape index (κ1) is 29.5. The lowest BCUT2D eigenvalue weighted by Crippen LogP contribution is -2.53. The lowest BCUT2D eigenvalue weighted by atomic mass is 10.0. The second kappa shape index (κ2) is 13.6. The molecule has 0 saturated heterocycles. The minimum absolute atomic E-state index is 0.0216. The summed E-state index contributed by atoms with van der Waals surface area (Å²) in [4.78, 5) is 28.8. The Labute approximate surface area is 234 Å². The van der Waals surface area contributed by atoms with E-state index in [0.29, 0.717) is 22.2 Å². The van der Waals surface area contributed by atoms with Crippen molar-refractivity contribution in [2.45, 2.75) is 32.4 Å². The smallest absolute Gasteiger partial charge is 0.244 e. The molecular weight excluding hydrogens is 545 g/mol. The van der Waals surface area contributed by atoms with E-state index in [-0.39, 0.29) is 24.6 Å². The van der Waals surface area contributed by atoms with Crippen LogP contribution in [-0.2, 0) is 32.6 Å². The normalized spacial score (nSPS) is 12.0. The standard InChI is InChI=1S/C28H31Cl2N3O4S/c1-3-17-31-28(35)26(18-21-9-5-4-6-10-21)32(19-22-11-7-8-12-25(22)30)27(34)20-33(38(2,36)37)24-15-13-23(29)14-16-24/h4-16,26H,3,17-20H2,1-2H3,(H,31,35). The third kappa shape index (κ3) is 8.21. The highest BCUT2D eigenvalue weighted by atomic mass is 35.5. The van der Waals surface area contributed by atoms with E-state index in [9.17, 15) is 18.0 Å². The number of nitrogens with one attached hydrogen (secondary N) is 1. The van der Waals surface area contributed by atoms with Gasteiger partial charge >= 0.3 is 0 Å². The lowest BCUT2D eigenvalue weighted by molar-refractivity contribution is -0.140. The van der Waals surface area contributed by atoms with E-state index in [2.05, 4.69) is 5.32 Å². The third-order valence-corrected chi connectivity index (χ3v) is 7.67. The predicted molar refractivity (Wildman–Crippen MR) is 153 cm³/mol. The van der Waals surface area contributed by atoms with Crippen LogP contribution in [0.2, 0.25) is 10.0 Å². The van der Waals surface area contributed by atoms with Gasteiger partial charge in [0.05, 0.1) is 11.9 Å². The molecule has 7 nitrogen and oxygen atoms in total. The van der Waals surface area contributed by atoms with Crippen LogP contribution in [0.15, 0.2) is 78.9 Å². The highest BCUT2D eigenvalue weighted by Gasteiger charge is 2.33. The van der Waals surface area contributed by atoms with Gasteiger partial charge < -0.3 is 10.2 Å². The second-order valence-electron chi connectivity index (χ2n) is 8.86. The number of sulfonamides is 1. The van der Waals surface area contributed by atoms with E-state index < -0.39 is 28.5 Å². The van der Waals surface area contributed by atoms with Gasteiger partial charge in [-0.2, -0.15) is 0 Å². The Morgan fingerprint density at radius 2 is 1.55 bits per heavy atom. The van der Waals surface area contributed by atoms with Crippen LogP contribution in [0.3, 0.4) is 0 Å². The van der Waals surface area contributed by atoms with Gasteiger partial charge in [0.25, 0.3) is 0 Å². The maximum atomic E-state index is 13.9. The molecule has 0 fully saturated rings. The molecule has 1 atom stereocenters. The Balaban J connectivity index is 2.04. The number of hydrogen-bond acceptors (Lipinski definition) is 4. The molecule has 202 valence electrons. The highest BCUT2D eigenvalue weighted by Crippen LogP contribution is 2.24. The summed E-state index contributed by atoms with van der Waals surface area (Å²) in [6, 6.07) is 21.7. The van der Waals surface area contributed by atoms with Crippen LogP contribution in [0.5, 0.6) is 0 Å². The fourth-order valence-electron chi connectivity index (χ4n) is 3.95. The Hall–Kier alpha value is -3.07. The molecule has 0 aromatic heterocycles. The first-order valence-electron chi connectivity index (χ1n) is 12.2. The van der Waals surface area contributed by atoms with Crippen molar-refractivity contribution in [3.8, 4) is 0 Å². The molecule has 2 amide bonds. The summed E-state index contributed by atoms with van der Waals surface area (Å²) in [7, 11) is -3.84. The predicted octanol–water partition coefficient (Wildman–Crippen LogP) is 4.93. The monoisotopic (exact) mass is 575 g/mol. The van der Waals surface area contributed by atoms with E-state index >= 15 is 0 Å².